The Bertz CT molecular complexity index is 377. The molecule has 0 aliphatic carbocycles. The lowest BCUT2D eigenvalue weighted by Crippen LogP contribution is -2.14. The fourth-order valence-electron chi connectivity index (χ4n) is 1.48. The first kappa shape index (κ1) is 12.1. The van der Waals surface area contributed by atoms with Gasteiger partial charge in [-0.2, -0.15) is 0 Å². The van der Waals surface area contributed by atoms with Crippen molar-refractivity contribution in [1.29, 1.82) is 0 Å². The Morgan fingerprint density at radius 1 is 1.27 bits per heavy atom. The van der Waals surface area contributed by atoms with Crippen molar-refractivity contribution in [3.63, 3.8) is 0 Å². The van der Waals surface area contributed by atoms with E-state index >= 15 is 0 Å². The number of hydrogen-bond acceptors (Lipinski definition) is 1. The van der Waals surface area contributed by atoms with Crippen molar-refractivity contribution < 1.29 is 13.6 Å². The predicted octanol–water partition coefficient (Wildman–Crippen LogP) is 3.47. The van der Waals surface area contributed by atoms with Crippen LogP contribution >= 0.6 is 11.6 Å². The largest absolute Gasteiger partial charge is 0.281 e. The minimum Gasteiger partial charge on any atom is -0.281 e. The van der Waals surface area contributed by atoms with Gasteiger partial charge in [0.1, 0.15) is 0 Å². The van der Waals surface area contributed by atoms with E-state index in [1.165, 1.54) is 6.07 Å². The van der Waals surface area contributed by atoms with Crippen LogP contribution in [-0.2, 0) is 4.79 Å². The van der Waals surface area contributed by atoms with Crippen LogP contribution < -0.4 is 0 Å². The highest BCUT2D eigenvalue weighted by atomic mass is 35.5. The highest BCUT2D eigenvalue weighted by Crippen LogP contribution is 2.27. The lowest BCUT2D eigenvalue weighted by molar-refractivity contribution is -0.113. The SMILES string of the molecule is CC(C)C(C(=O)Cl)c1ccc(F)c(F)c1. The van der Waals surface area contributed by atoms with Crippen LogP contribution in [0.2, 0.25) is 0 Å². The summed E-state index contributed by atoms with van der Waals surface area (Å²) in [6.45, 7) is 3.60. The molecule has 82 valence electrons. The van der Waals surface area contributed by atoms with Gasteiger partial charge in [0.2, 0.25) is 5.24 Å². The Hall–Kier alpha value is -0.960. The molecule has 15 heavy (non-hydrogen) atoms. The minimum atomic E-state index is -0.962. The highest BCUT2D eigenvalue weighted by Gasteiger charge is 2.23. The third-order valence-corrected chi connectivity index (χ3v) is 2.45. The third kappa shape index (κ3) is 2.75. The summed E-state index contributed by atoms with van der Waals surface area (Å²) >= 11 is 5.41. The van der Waals surface area contributed by atoms with Gasteiger partial charge in [-0.05, 0) is 35.2 Å². The van der Waals surface area contributed by atoms with Crippen molar-refractivity contribution in [3.8, 4) is 0 Å². The molecule has 0 aromatic heterocycles. The topological polar surface area (TPSA) is 17.1 Å². The summed E-state index contributed by atoms with van der Waals surface area (Å²) in [5.41, 5.74) is 0.406. The van der Waals surface area contributed by atoms with Gasteiger partial charge in [0.25, 0.3) is 0 Å². The zero-order valence-electron chi connectivity index (χ0n) is 8.43. The van der Waals surface area contributed by atoms with Gasteiger partial charge in [0.05, 0.1) is 5.92 Å². The van der Waals surface area contributed by atoms with E-state index in [0.717, 1.165) is 12.1 Å². The Morgan fingerprint density at radius 3 is 2.27 bits per heavy atom. The first-order chi connectivity index (χ1) is 6.93. The maximum atomic E-state index is 12.9. The van der Waals surface area contributed by atoms with E-state index in [-0.39, 0.29) is 5.92 Å². The average Bonchev–Trinajstić information content (AvgIpc) is 2.10. The number of carbonyl (C=O) groups excluding carboxylic acids is 1. The number of halogens is 3. The predicted molar refractivity (Wildman–Crippen MR) is 54.8 cm³/mol. The Balaban J connectivity index is 3.12. The van der Waals surface area contributed by atoms with E-state index in [2.05, 4.69) is 0 Å². The lowest BCUT2D eigenvalue weighted by Gasteiger charge is -2.16. The van der Waals surface area contributed by atoms with Gasteiger partial charge in [-0.3, -0.25) is 4.79 Å². The zero-order chi connectivity index (χ0) is 11.6. The molecule has 0 spiro atoms. The van der Waals surface area contributed by atoms with Crippen LogP contribution in [0.25, 0.3) is 0 Å². The van der Waals surface area contributed by atoms with Crippen LogP contribution in [-0.4, -0.2) is 5.24 Å². The molecule has 0 fully saturated rings. The van der Waals surface area contributed by atoms with E-state index in [1.54, 1.807) is 13.8 Å². The van der Waals surface area contributed by atoms with Crippen molar-refractivity contribution in [1.82, 2.24) is 0 Å². The van der Waals surface area contributed by atoms with E-state index in [1.807, 2.05) is 0 Å². The van der Waals surface area contributed by atoms with Crippen LogP contribution in [0, 0.1) is 17.6 Å². The van der Waals surface area contributed by atoms with E-state index < -0.39 is 22.8 Å². The summed E-state index contributed by atoms with van der Waals surface area (Å²) in [5, 5.41) is -0.559. The molecule has 1 nitrogen and oxygen atoms in total. The van der Waals surface area contributed by atoms with Gasteiger partial charge in [-0.1, -0.05) is 19.9 Å². The molecule has 1 aromatic rings. The lowest BCUT2D eigenvalue weighted by atomic mass is 9.89. The van der Waals surface area contributed by atoms with Crippen LogP contribution in [0.15, 0.2) is 18.2 Å². The van der Waals surface area contributed by atoms with Gasteiger partial charge in [-0.15, -0.1) is 0 Å². The quantitative estimate of drug-likeness (QED) is 0.730. The van der Waals surface area contributed by atoms with Crippen molar-refractivity contribution in [2.75, 3.05) is 0 Å². The molecule has 0 aliphatic heterocycles. The Labute approximate surface area is 92.1 Å². The van der Waals surface area contributed by atoms with Gasteiger partial charge in [0, 0.05) is 0 Å². The second kappa shape index (κ2) is 4.71. The summed E-state index contributed by atoms with van der Waals surface area (Å²) in [4.78, 5) is 11.1. The molecular formula is C11H11ClF2O. The van der Waals surface area contributed by atoms with Crippen molar-refractivity contribution in [2.24, 2.45) is 5.92 Å². The number of carbonyl (C=O) groups is 1. The van der Waals surface area contributed by atoms with Crippen molar-refractivity contribution in [2.45, 2.75) is 19.8 Å². The molecule has 1 atom stereocenters. The number of rotatable bonds is 3. The molecule has 0 N–H and O–H groups in total. The van der Waals surface area contributed by atoms with Crippen LogP contribution in [0.3, 0.4) is 0 Å². The molecule has 4 heteroatoms. The Morgan fingerprint density at radius 2 is 1.87 bits per heavy atom. The van der Waals surface area contributed by atoms with E-state index in [4.69, 9.17) is 11.6 Å². The molecule has 0 amide bonds. The fraction of sp³-hybridized carbons (Fsp3) is 0.364. The van der Waals surface area contributed by atoms with Crippen LogP contribution in [0.1, 0.15) is 25.3 Å². The van der Waals surface area contributed by atoms with Gasteiger partial charge in [-0.25, -0.2) is 8.78 Å². The molecular weight excluding hydrogens is 222 g/mol. The smallest absolute Gasteiger partial charge is 0.229 e. The summed E-state index contributed by atoms with van der Waals surface area (Å²) in [6.07, 6.45) is 0. The summed E-state index contributed by atoms with van der Waals surface area (Å²) in [5.74, 6) is -2.54. The third-order valence-electron chi connectivity index (χ3n) is 2.21. The highest BCUT2D eigenvalue weighted by molar-refractivity contribution is 6.64. The minimum absolute atomic E-state index is 0.0557. The standard InChI is InChI=1S/C11H11ClF2O/c1-6(2)10(11(12)15)7-3-4-8(13)9(14)5-7/h3-6,10H,1-2H3. The molecule has 0 saturated carbocycles. The van der Waals surface area contributed by atoms with E-state index in [9.17, 15) is 13.6 Å². The zero-order valence-corrected chi connectivity index (χ0v) is 9.18. The summed E-state index contributed by atoms with van der Waals surface area (Å²) in [7, 11) is 0. The summed E-state index contributed by atoms with van der Waals surface area (Å²) in [6, 6.07) is 3.39. The van der Waals surface area contributed by atoms with Crippen molar-refractivity contribution >= 4 is 16.8 Å². The summed E-state index contributed by atoms with van der Waals surface area (Å²) < 4.78 is 25.6. The van der Waals surface area contributed by atoms with Gasteiger partial charge < -0.3 is 0 Å². The number of benzene rings is 1. The van der Waals surface area contributed by atoms with Crippen molar-refractivity contribution in [3.05, 3.63) is 35.4 Å². The fourth-order valence-corrected chi connectivity index (χ4v) is 1.86. The maximum Gasteiger partial charge on any atom is 0.229 e. The molecule has 0 radical (unpaired) electrons. The molecule has 0 saturated heterocycles. The maximum absolute atomic E-state index is 12.9. The Kier molecular flexibility index (Phi) is 3.80. The first-order valence-corrected chi connectivity index (χ1v) is 4.95. The molecule has 1 rings (SSSR count). The van der Waals surface area contributed by atoms with Crippen LogP contribution in [0.4, 0.5) is 8.78 Å². The molecule has 1 unspecified atom stereocenters. The van der Waals surface area contributed by atoms with Gasteiger partial charge in [0.15, 0.2) is 11.6 Å². The number of hydrogen-bond donors (Lipinski definition) is 0. The van der Waals surface area contributed by atoms with Crippen LogP contribution in [0.5, 0.6) is 0 Å². The molecule has 0 bridgehead atoms. The monoisotopic (exact) mass is 232 g/mol. The first-order valence-electron chi connectivity index (χ1n) is 4.57. The normalized spacial score (nSPS) is 12.9. The average molecular weight is 233 g/mol. The molecule has 1 aromatic carbocycles. The molecule has 0 heterocycles. The van der Waals surface area contributed by atoms with Gasteiger partial charge >= 0.3 is 0 Å². The van der Waals surface area contributed by atoms with E-state index in [0.29, 0.717) is 5.56 Å². The molecule has 0 aliphatic rings. The second-order valence-corrected chi connectivity index (χ2v) is 4.07. The second-order valence-electron chi connectivity index (χ2n) is 3.70.